The number of nitrogens with two attached hydrogens (primary N) is 1. The molecule has 1 saturated heterocycles. The number of methoxy groups -OCH3 is 1. The van der Waals surface area contributed by atoms with Crippen LogP contribution in [0, 0.1) is 5.82 Å². The first-order valence-electron chi connectivity index (χ1n) is 15.5. The molecule has 1 fully saturated rings. The van der Waals surface area contributed by atoms with Crippen LogP contribution >= 0.6 is 0 Å². The zero-order valence-corrected chi connectivity index (χ0v) is 25.9. The molecule has 0 radical (unpaired) electrons. The number of hydrogen-bond donors (Lipinski definition) is 1. The van der Waals surface area contributed by atoms with Gasteiger partial charge in [0.2, 0.25) is 5.88 Å². The SMILES string of the molecule is COc1cc(CN(Cc2cn3c4c(c(-c5ccncc5)c(F)cc4c2=O)OC[C@@H]3C)[C@H]2CCCN(c3ccc(N)nc3)C2)ccn1. The molecule has 2 N–H and O–H groups in total. The summed E-state index contributed by atoms with van der Waals surface area (Å²) in [5, 5.41) is 0.318. The van der Waals surface area contributed by atoms with Crippen LogP contribution in [0.1, 0.15) is 36.9 Å². The lowest BCUT2D eigenvalue weighted by atomic mass is 9.98. The van der Waals surface area contributed by atoms with E-state index < -0.39 is 5.82 Å². The predicted octanol–water partition coefficient (Wildman–Crippen LogP) is 5.21. The smallest absolute Gasteiger partial charge is 0.213 e. The van der Waals surface area contributed by atoms with E-state index >= 15 is 4.39 Å². The van der Waals surface area contributed by atoms with Crippen molar-refractivity contribution in [2.75, 3.05) is 37.4 Å². The van der Waals surface area contributed by atoms with Crippen molar-refractivity contribution in [3.63, 3.8) is 0 Å². The van der Waals surface area contributed by atoms with E-state index in [0.29, 0.717) is 64.7 Å². The fourth-order valence-electron chi connectivity index (χ4n) is 6.68. The Morgan fingerprint density at radius 3 is 2.74 bits per heavy atom. The zero-order chi connectivity index (χ0) is 31.8. The normalized spacial score (nSPS) is 17.7. The molecule has 11 heteroatoms. The summed E-state index contributed by atoms with van der Waals surface area (Å²) in [6.07, 6.45) is 10.7. The van der Waals surface area contributed by atoms with Gasteiger partial charge in [-0.2, -0.15) is 0 Å². The number of halogens is 1. The van der Waals surface area contributed by atoms with Crippen LogP contribution in [-0.2, 0) is 13.1 Å². The molecule has 0 amide bonds. The van der Waals surface area contributed by atoms with E-state index in [9.17, 15) is 4.79 Å². The van der Waals surface area contributed by atoms with E-state index in [1.54, 1.807) is 37.8 Å². The van der Waals surface area contributed by atoms with Gasteiger partial charge in [0.25, 0.3) is 0 Å². The average Bonchev–Trinajstić information content (AvgIpc) is 3.08. The van der Waals surface area contributed by atoms with E-state index in [1.807, 2.05) is 43.6 Å². The lowest BCUT2D eigenvalue weighted by molar-refractivity contribution is 0.157. The van der Waals surface area contributed by atoms with Crippen molar-refractivity contribution >= 4 is 22.4 Å². The van der Waals surface area contributed by atoms with Crippen molar-refractivity contribution in [1.82, 2.24) is 24.4 Å². The van der Waals surface area contributed by atoms with E-state index in [2.05, 4.69) is 29.3 Å². The van der Waals surface area contributed by atoms with Crippen molar-refractivity contribution in [2.24, 2.45) is 0 Å². The van der Waals surface area contributed by atoms with Gasteiger partial charge in [0, 0.05) is 68.6 Å². The highest BCUT2D eigenvalue weighted by atomic mass is 19.1. The molecule has 4 aromatic heterocycles. The van der Waals surface area contributed by atoms with Crippen LogP contribution in [0.2, 0.25) is 0 Å². The van der Waals surface area contributed by atoms with Gasteiger partial charge in [0.05, 0.1) is 41.5 Å². The second kappa shape index (κ2) is 12.4. The number of rotatable bonds is 8. The summed E-state index contributed by atoms with van der Waals surface area (Å²) in [5.74, 6) is 0.916. The summed E-state index contributed by atoms with van der Waals surface area (Å²) in [6, 6.07) is 12.7. The fourth-order valence-corrected chi connectivity index (χ4v) is 6.68. The number of ether oxygens (including phenoxy) is 2. The molecule has 0 bridgehead atoms. The first-order valence-corrected chi connectivity index (χ1v) is 15.5. The third-order valence-electron chi connectivity index (χ3n) is 9.03. The van der Waals surface area contributed by atoms with Crippen molar-refractivity contribution < 1.29 is 13.9 Å². The molecule has 0 saturated carbocycles. The molecule has 236 valence electrons. The van der Waals surface area contributed by atoms with E-state index in [0.717, 1.165) is 37.2 Å². The van der Waals surface area contributed by atoms with Crippen LogP contribution < -0.4 is 25.5 Å². The number of nitrogen functional groups attached to an aromatic ring is 1. The molecule has 2 aliphatic heterocycles. The first-order chi connectivity index (χ1) is 22.4. The number of hydrogen-bond acceptors (Lipinski definition) is 9. The Balaban J connectivity index is 1.30. The molecule has 2 atom stereocenters. The summed E-state index contributed by atoms with van der Waals surface area (Å²) in [7, 11) is 1.60. The van der Waals surface area contributed by atoms with Crippen molar-refractivity contribution in [1.29, 1.82) is 0 Å². The standard InChI is InChI=1S/C35H36FN7O3/c1-22-21-46-35-32(24-8-10-38-11-9-24)29(36)15-28-33(35)43(22)19-25(34(28)44)18-42(17-23-7-12-39-31(14-23)45-2)27-4-3-13-41(20-27)26-5-6-30(37)40-16-26/h5-12,14-16,19,22,27H,3-4,13,17-18,20-21H2,1-2H3,(H2,37,40)/t22-,27-/m0/s1. The summed E-state index contributed by atoms with van der Waals surface area (Å²) >= 11 is 0. The number of piperidine rings is 1. The quantitative estimate of drug-likeness (QED) is 0.250. The summed E-state index contributed by atoms with van der Waals surface area (Å²) < 4.78 is 29.5. The molecule has 0 spiro atoms. The summed E-state index contributed by atoms with van der Waals surface area (Å²) in [6.45, 7) is 5.03. The Hall–Kier alpha value is -5.03. The Bertz CT molecular complexity index is 1930. The monoisotopic (exact) mass is 621 g/mol. The van der Waals surface area contributed by atoms with Crippen molar-refractivity contribution in [2.45, 2.75) is 44.9 Å². The molecule has 0 aliphatic carbocycles. The van der Waals surface area contributed by atoms with Gasteiger partial charge in [-0.15, -0.1) is 0 Å². The van der Waals surface area contributed by atoms with E-state index in [4.69, 9.17) is 15.2 Å². The van der Waals surface area contributed by atoms with Gasteiger partial charge in [-0.3, -0.25) is 14.7 Å². The highest BCUT2D eigenvalue weighted by Gasteiger charge is 2.30. The lowest BCUT2D eigenvalue weighted by Crippen LogP contribution is -2.48. The minimum Gasteiger partial charge on any atom is -0.488 e. The molecule has 5 aromatic rings. The van der Waals surface area contributed by atoms with Gasteiger partial charge in [-0.25, -0.2) is 14.4 Å². The third kappa shape index (κ3) is 5.62. The molecule has 0 unspecified atom stereocenters. The second-order valence-electron chi connectivity index (χ2n) is 12.0. The van der Waals surface area contributed by atoms with Gasteiger partial charge in [-0.1, -0.05) is 0 Å². The number of anilines is 2. The van der Waals surface area contributed by atoms with Crippen LogP contribution in [0.15, 0.2) is 78.2 Å². The largest absolute Gasteiger partial charge is 0.488 e. The van der Waals surface area contributed by atoms with Crippen LogP contribution in [0.5, 0.6) is 11.6 Å². The topological polar surface area (TPSA) is 112 Å². The average molecular weight is 622 g/mol. The van der Waals surface area contributed by atoms with E-state index in [1.165, 1.54) is 6.07 Å². The highest BCUT2D eigenvalue weighted by molar-refractivity contribution is 5.93. The Labute approximate surface area is 266 Å². The minimum atomic E-state index is -0.496. The Morgan fingerprint density at radius 1 is 1.11 bits per heavy atom. The maximum absolute atomic E-state index is 15.9. The van der Waals surface area contributed by atoms with Gasteiger partial charge in [0.15, 0.2) is 11.2 Å². The summed E-state index contributed by atoms with van der Waals surface area (Å²) in [5.41, 5.74) is 9.92. The molecular weight excluding hydrogens is 585 g/mol. The first kappa shape index (κ1) is 29.7. The highest BCUT2D eigenvalue weighted by Crippen LogP contribution is 2.42. The van der Waals surface area contributed by atoms with Crippen LogP contribution in [0.25, 0.3) is 22.0 Å². The molecule has 7 rings (SSSR count). The predicted molar refractivity (Wildman–Crippen MR) is 176 cm³/mol. The fraction of sp³-hybridized carbons (Fsp3) is 0.314. The Morgan fingerprint density at radius 2 is 1.96 bits per heavy atom. The Kier molecular flexibility index (Phi) is 8.00. The van der Waals surface area contributed by atoms with Gasteiger partial charge in [0.1, 0.15) is 18.2 Å². The van der Waals surface area contributed by atoms with Crippen molar-refractivity contribution in [3.05, 3.63) is 101 Å². The van der Waals surface area contributed by atoms with Gasteiger partial charge < -0.3 is 24.7 Å². The van der Waals surface area contributed by atoms with Crippen molar-refractivity contribution in [3.8, 4) is 22.8 Å². The third-order valence-corrected chi connectivity index (χ3v) is 9.03. The zero-order valence-electron chi connectivity index (χ0n) is 25.9. The number of pyridine rings is 4. The maximum Gasteiger partial charge on any atom is 0.213 e. The molecule has 2 aliphatic rings. The van der Waals surface area contributed by atoms with Crippen LogP contribution in [0.3, 0.4) is 0 Å². The van der Waals surface area contributed by atoms with Gasteiger partial charge in [-0.05, 0) is 67.3 Å². The van der Waals surface area contributed by atoms with Crippen LogP contribution in [-0.4, -0.2) is 57.3 Å². The van der Waals surface area contributed by atoms with Crippen LogP contribution in [0.4, 0.5) is 15.9 Å². The summed E-state index contributed by atoms with van der Waals surface area (Å²) in [4.78, 5) is 31.6. The van der Waals surface area contributed by atoms with E-state index in [-0.39, 0.29) is 17.5 Å². The maximum atomic E-state index is 15.9. The lowest BCUT2D eigenvalue weighted by Gasteiger charge is -2.40. The number of aromatic nitrogens is 4. The molecule has 6 heterocycles. The molecule has 1 aromatic carbocycles. The molecule has 10 nitrogen and oxygen atoms in total. The molecular formula is C35H36FN7O3. The molecule has 46 heavy (non-hydrogen) atoms. The number of nitrogens with zero attached hydrogens (tertiary/aromatic N) is 6. The number of benzene rings is 1. The van der Waals surface area contributed by atoms with Gasteiger partial charge >= 0.3 is 0 Å². The minimum absolute atomic E-state index is 0.0498. The second-order valence-corrected chi connectivity index (χ2v) is 12.0.